The van der Waals surface area contributed by atoms with Crippen molar-refractivity contribution in [2.24, 2.45) is 0 Å². The Labute approximate surface area is 206 Å². The van der Waals surface area contributed by atoms with Gasteiger partial charge in [-0.1, -0.05) is 30.6 Å². The molecule has 0 unspecified atom stereocenters. The molecule has 0 spiro atoms. The maximum atomic E-state index is 11.9. The van der Waals surface area contributed by atoms with Gasteiger partial charge in [0.2, 0.25) is 0 Å². The average molecular weight is 495 g/mol. The first-order chi connectivity index (χ1) is 14.8. The van der Waals surface area contributed by atoms with Crippen molar-refractivity contribution in [3.05, 3.63) is 46.4 Å². The first kappa shape index (κ1) is 26.8. The average Bonchev–Trinajstić information content (AvgIpc) is 2.66. The highest BCUT2D eigenvalue weighted by Gasteiger charge is 2.35. The predicted molar refractivity (Wildman–Crippen MR) is 135 cm³/mol. The minimum Gasteiger partial charge on any atom is -0.482 e. The van der Waals surface area contributed by atoms with E-state index in [0.717, 1.165) is 11.4 Å². The highest BCUT2D eigenvalue weighted by molar-refractivity contribution is 6.31. The molecule has 6 nitrogen and oxygen atoms in total. The lowest BCUT2D eigenvalue weighted by atomic mass is 10.0. The summed E-state index contributed by atoms with van der Waals surface area (Å²) in [6.07, 6.45) is 0. The number of amides is 2. The molecule has 8 heteroatoms. The second-order valence-corrected chi connectivity index (χ2v) is 10.5. The highest BCUT2D eigenvalue weighted by atomic mass is 35.5. The van der Waals surface area contributed by atoms with E-state index in [1.807, 2.05) is 47.6 Å². The topological polar surface area (TPSA) is 59.1 Å². The van der Waals surface area contributed by atoms with Crippen molar-refractivity contribution < 1.29 is 19.1 Å². The summed E-state index contributed by atoms with van der Waals surface area (Å²) < 4.78 is 10.7. The molecule has 0 aromatic heterocycles. The SMILES string of the molecule is C.CC(C)(C)N1C(=O)COc2cc(Cl)ccc21.CC(C)(C)N1C(=O)COc2ccc(Cl)cc21. The first-order valence-electron chi connectivity index (χ1n) is 10.3. The van der Waals surface area contributed by atoms with E-state index >= 15 is 0 Å². The van der Waals surface area contributed by atoms with Crippen LogP contribution in [0.5, 0.6) is 11.5 Å². The van der Waals surface area contributed by atoms with Crippen LogP contribution in [0.1, 0.15) is 49.0 Å². The Morgan fingerprint density at radius 2 is 1.15 bits per heavy atom. The molecule has 33 heavy (non-hydrogen) atoms. The molecule has 0 atom stereocenters. The molecular weight excluding hydrogens is 463 g/mol. The number of carbonyl (C=O) groups is 2. The summed E-state index contributed by atoms with van der Waals surface area (Å²) in [6, 6.07) is 10.6. The van der Waals surface area contributed by atoms with Gasteiger partial charge in [0.05, 0.1) is 11.4 Å². The minimum atomic E-state index is -0.277. The lowest BCUT2D eigenvalue weighted by molar-refractivity contribution is -0.123. The molecule has 2 aromatic rings. The number of ether oxygens (including phenoxy) is 2. The van der Waals surface area contributed by atoms with Crippen LogP contribution in [0.4, 0.5) is 11.4 Å². The van der Waals surface area contributed by atoms with Gasteiger partial charge in [-0.2, -0.15) is 0 Å². The van der Waals surface area contributed by atoms with Crippen LogP contribution in [0.2, 0.25) is 10.0 Å². The molecule has 0 saturated carbocycles. The minimum absolute atomic E-state index is 0. The summed E-state index contributed by atoms with van der Waals surface area (Å²) >= 11 is 11.8. The monoisotopic (exact) mass is 494 g/mol. The van der Waals surface area contributed by atoms with Crippen molar-refractivity contribution in [3.8, 4) is 11.5 Å². The van der Waals surface area contributed by atoms with Gasteiger partial charge in [-0.05, 0) is 71.9 Å². The fourth-order valence-electron chi connectivity index (χ4n) is 3.72. The third kappa shape index (κ3) is 5.92. The van der Waals surface area contributed by atoms with Gasteiger partial charge in [-0.25, -0.2) is 0 Å². The Morgan fingerprint density at radius 1 is 0.697 bits per heavy atom. The lowest BCUT2D eigenvalue weighted by Gasteiger charge is -2.39. The Bertz CT molecular complexity index is 1040. The molecule has 0 fully saturated rings. The summed E-state index contributed by atoms with van der Waals surface area (Å²) in [6.45, 7) is 12.1. The first-order valence-corrected chi connectivity index (χ1v) is 11.1. The predicted octanol–water partition coefficient (Wildman–Crippen LogP) is 6.36. The summed E-state index contributed by atoms with van der Waals surface area (Å²) in [5.41, 5.74) is 0.994. The molecule has 0 N–H and O–H groups in total. The van der Waals surface area contributed by atoms with E-state index in [4.69, 9.17) is 32.7 Å². The molecular formula is C25H32Cl2N2O4. The number of rotatable bonds is 0. The zero-order valence-electron chi connectivity index (χ0n) is 19.2. The summed E-state index contributed by atoms with van der Waals surface area (Å²) in [5, 5.41) is 1.22. The second-order valence-electron chi connectivity index (χ2n) is 9.60. The molecule has 4 rings (SSSR count). The zero-order valence-corrected chi connectivity index (χ0v) is 20.7. The number of benzene rings is 2. The quantitative estimate of drug-likeness (QED) is 0.427. The Kier molecular flexibility index (Phi) is 7.98. The number of nitrogens with zero attached hydrogens (tertiary/aromatic N) is 2. The number of fused-ring (bicyclic) bond motifs is 2. The van der Waals surface area contributed by atoms with Crippen LogP contribution >= 0.6 is 23.2 Å². The van der Waals surface area contributed by atoms with Gasteiger partial charge >= 0.3 is 0 Å². The molecule has 2 aromatic carbocycles. The van der Waals surface area contributed by atoms with Crippen LogP contribution in [0, 0.1) is 0 Å². The molecule has 2 aliphatic rings. The largest absolute Gasteiger partial charge is 0.482 e. The molecule has 2 aliphatic heterocycles. The van der Waals surface area contributed by atoms with Crippen LogP contribution in [0.15, 0.2) is 36.4 Å². The molecule has 0 saturated heterocycles. The number of carbonyl (C=O) groups excluding carboxylic acids is 2. The third-order valence-corrected chi connectivity index (χ3v) is 5.34. The Hall–Kier alpha value is -2.44. The standard InChI is InChI=1S/2C12H14ClNO2.CH4/c1-12(2,3)14-9-6-8(13)4-5-10(9)16-7-11(14)15;1-12(2,3)14-9-5-4-8(13)6-10(9)16-7-11(14)15;/h2*4-6H,7H2,1-3H3;1H4. The fourth-order valence-corrected chi connectivity index (χ4v) is 4.05. The molecule has 0 aliphatic carbocycles. The molecule has 2 amide bonds. The van der Waals surface area contributed by atoms with Crippen LogP contribution in [0.25, 0.3) is 0 Å². The molecule has 0 radical (unpaired) electrons. The Balaban J connectivity index is 0.000000227. The van der Waals surface area contributed by atoms with E-state index in [-0.39, 0.29) is 43.5 Å². The van der Waals surface area contributed by atoms with Crippen molar-refractivity contribution in [2.75, 3.05) is 23.0 Å². The van der Waals surface area contributed by atoms with Crippen molar-refractivity contribution in [1.82, 2.24) is 0 Å². The van der Waals surface area contributed by atoms with E-state index in [0.29, 0.717) is 21.5 Å². The van der Waals surface area contributed by atoms with Crippen molar-refractivity contribution in [2.45, 2.75) is 60.0 Å². The third-order valence-electron chi connectivity index (χ3n) is 4.87. The highest BCUT2D eigenvalue weighted by Crippen LogP contribution is 2.39. The van der Waals surface area contributed by atoms with Gasteiger partial charge in [0, 0.05) is 27.2 Å². The summed E-state index contributed by atoms with van der Waals surface area (Å²) in [7, 11) is 0. The van der Waals surface area contributed by atoms with E-state index < -0.39 is 0 Å². The normalized spacial score (nSPS) is 15.3. The van der Waals surface area contributed by atoms with Crippen LogP contribution in [0.3, 0.4) is 0 Å². The van der Waals surface area contributed by atoms with Gasteiger partial charge in [0.1, 0.15) is 11.5 Å². The zero-order chi connectivity index (χ0) is 23.8. The summed E-state index contributed by atoms with van der Waals surface area (Å²) in [4.78, 5) is 27.2. The maximum absolute atomic E-state index is 11.9. The lowest BCUT2D eigenvalue weighted by Crippen LogP contribution is -2.50. The van der Waals surface area contributed by atoms with Crippen LogP contribution < -0.4 is 19.3 Å². The van der Waals surface area contributed by atoms with E-state index in [9.17, 15) is 9.59 Å². The van der Waals surface area contributed by atoms with Gasteiger partial charge in [-0.15, -0.1) is 0 Å². The van der Waals surface area contributed by atoms with Crippen LogP contribution in [-0.2, 0) is 9.59 Å². The molecule has 180 valence electrons. The summed E-state index contributed by atoms with van der Waals surface area (Å²) in [5.74, 6) is 1.31. The van der Waals surface area contributed by atoms with E-state index in [1.165, 1.54) is 0 Å². The van der Waals surface area contributed by atoms with Crippen molar-refractivity contribution in [3.63, 3.8) is 0 Å². The van der Waals surface area contributed by atoms with Crippen LogP contribution in [-0.4, -0.2) is 36.1 Å². The van der Waals surface area contributed by atoms with Gasteiger partial charge in [0.15, 0.2) is 13.2 Å². The van der Waals surface area contributed by atoms with Crippen molar-refractivity contribution in [1.29, 1.82) is 0 Å². The fraction of sp³-hybridized carbons (Fsp3) is 0.440. The number of hydrogen-bond acceptors (Lipinski definition) is 4. The second kappa shape index (κ2) is 9.82. The molecule has 0 bridgehead atoms. The van der Waals surface area contributed by atoms with E-state index in [2.05, 4.69) is 0 Å². The van der Waals surface area contributed by atoms with Crippen molar-refractivity contribution >= 4 is 46.4 Å². The number of anilines is 2. The smallest absolute Gasteiger partial charge is 0.265 e. The number of hydrogen-bond donors (Lipinski definition) is 0. The van der Waals surface area contributed by atoms with E-state index in [1.54, 1.807) is 40.1 Å². The molecule has 2 heterocycles. The van der Waals surface area contributed by atoms with Gasteiger partial charge < -0.3 is 19.3 Å². The van der Waals surface area contributed by atoms with Gasteiger partial charge in [0.25, 0.3) is 11.8 Å². The van der Waals surface area contributed by atoms with Gasteiger partial charge in [-0.3, -0.25) is 9.59 Å². The Morgan fingerprint density at radius 3 is 1.70 bits per heavy atom. The number of halogens is 2. The maximum Gasteiger partial charge on any atom is 0.265 e.